The third-order valence-corrected chi connectivity index (χ3v) is 4.67. The van der Waals surface area contributed by atoms with Gasteiger partial charge in [-0.1, -0.05) is 13.3 Å². The highest BCUT2D eigenvalue weighted by Crippen LogP contribution is 2.23. The van der Waals surface area contributed by atoms with Crippen LogP contribution in [0.3, 0.4) is 0 Å². The average Bonchev–Trinajstić information content (AvgIpc) is 2.40. The number of hydrogen-bond acceptors (Lipinski definition) is 4. The molecule has 4 nitrogen and oxygen atoms in total. The number of ether oxygens (including phenoxy) is 1. The van der Waals surface area contributed by atoms with Gasteiger partial charge in [0.15, 0.2) is 0 Å². The van der Waals surface area contributed by atoms with E-state index in [2.05, 4.69) is 16.7 Å². The topological polar surface area (TPSA) is 41.7 Å². The first-order chi connectivity index (χ1) is 8.76. The number of methoxy groups -OCH3 is 1. The van der Waals surface area contributed by atoms with Crippen molar-refractivity contribution in [1.82, 2.24) is 9.80 Å². The Labute approximate surface area is 111 Å². The lowest BCUT2D eigenvalue weighted by molar-refractivity contribution is 0.00494. The minimum atomic E-state index is 0.481. The van der Waals surface area contributed by atoms with Crippen LogP contribution < -0.4 is 5.73 Å². The molecule has 2 heterocycles. The van der Waals surface area contributed by atoms with E-state index in [-0.39, 0.29) is 0 Å². The maximum atomic E-state index is 5.99. The summed E-state index contributed by atoms with van der Waals surface area (Å²) in [5.41, 5.74) is 5.99. The molecule has 2 aliphatic heterocycles. The van der Waals surface area contributed by atoms with Crippen molar-refractivity contribution in [2.24, 2.45) is 11.7 Å². The number of hydrogen-bond donors (Lipinski definition) is 1. The molecular weight excluding hydrogens is 226 g/mol. The fourth-order valence-electron chi connectivity index (χ4n) is 3.60. The van der Waals surface area contributed by atoms with Crippen molar-refractivity contribution in [3.63, 3.8) is 0 Å². The van der Waals surface area contributed by atoms with Crippen molar-refractivity contribution in [3.8, 4) is 0 Å². The number of nitrogens with zero attached hydrogens (tertiary/aromatic N) is 2. The van der Waals surface area contributed by atoms with Gasteiger partial charge < -0.3 is 10.5 Å². The molecule has 0 aliphatic carbocycles. The lowest BCUT2D eigenvalue weighted by atomic mass is 9.95. The standard InChI is InChI=1S/C14H29N3O/c1-12(11-18-2)14(9-15)17-8-7-16-6-4-3-5-13(16)10-17/h12-14H,3-11,15H2,1-2H3. The van der Waals surface area contributed by atoms with Crippen LogP contribution in [0.4, 0.5) is 0 Å². The molecular formula is C14H29N3O. The molecule has 0 aromatic rings. The van der Waals surface area contributed by atoms with E-state index < -0.39 is 0 Å². The van der Waals surface area contributed by atoms with E-state index in [0.717, 1.165) is 19.2 Å². The Hall–Kier alpha value is -0.160. The van der Waals surface area contributed by atoms with Gasteiger partial charge in [-0.05, 0) is 25.3 Å². The summed E-state index contributed by atoms with van der Waals surface area (Å²) < 4.78 is 5.29. The van der Waals surface area contributed by atoms with Gasteiger partial charge in [-0.25, -0.2) is 0 Å². The number of piperazine rings is 1. The predicted octanol–water partition coefficient (Wildman–Crippen LogP) is 0.766. The molecule has 0 aromatic heterocycles. The first kappa shape index (κ1) is 14.3. The van der Waals surface area contributed by atoms with Crippen molar-refractivity contribution in [2.45, 2.75) is 38.3 Å². The molecule has 0 spiro atoms. The van der Waals surface area contributed by atoms with Crippen molar-refractivity contribution in [3.05, 3.63) is 0 Å². The van der Waals surface area contributed by atoms with Gasteiger partial charge in [-0.2, -0.15) is 0 Å². The van der Waals surface area contributed by atoms with Crippen molar-refractivity contribution < 1.29 is 4.74 Å². The molecule has 0 aromatic carbocycles. The largest absolute Gasteiger partial charge is 0.384 e. The third-order valence-electron chi connectivity index (χ3n) is 4.67. The summed E-state index contributed by atoms with van der Waals surface area (Å²) in [6.45, 7) is 8.72. The molecule has 4 heteroatoms. The summed E-state index contributed by atoms with van der Waals surface area (Å²) in [7, 11) is 1.78. The number of fused-ring (bicyclic) bond motifs is 1. The normalized spacial score (nSPS) is 29.8. The Balaban J connectivity index is 1.91. The average molecular weight is 255 g/mol. The molecule has 0 saturated carbocycles. The van der Waals surface area contributed by atoms with Gasteiger partial charge in [0, 0.05) is 45.4 Å². The first-order valence-corrected chi connectivity index (χ1v) is 7.43. The smallest absolute Gasteiger partial charge is 0.0503 e. The maximum absolute atomic E-state index is 5.99. The van der Waals surface area contributed by atoms with Crippen LogP contribution in [0.5, 0.6) is 0 Å². The van der Waals surface area contributed by atoms with E-state index in [0.29, 0.717) is 12.0 Å². The van der Waals surface area contributed by atoms with Crippen molar-refractivity contribution >= 4 is 0 Å². The van der Waals surface area contributed by atoms with Crippen LogP contribution in [0.15, 0.2) is 0 Å². The fourth-order valence-corrected chi connectivity index (χ4v) is 3.60. The van der Waals surface area contributed by atoms with Crippen LogP contribution in [-0.4, -0.2) is 68.3 Å². The molecule has 106 valence electrons. The summed E-state index contributed by atoms with van der Waals surface area (Å²) in [5.74, 6) is 0.523. The molecule has 0 amide bonds. The van der Waals surface area contributed by atoms with E-state index in [4.69, 9.17) is 10.5 Å². The van der Waals surface area contributed by atoms with Gasteiger partial charge in [-0.3, -0.25) is 9.80 Å². The van der Waals surface area contributed by atoms with Crippen molar-refractivity contribution in [2.75, 3.05) is 46.4 Å². The van der Waals surface area contributed by atoms with Gasteiger partial charge in [0.1, 0.15) is 0 Å². The number of rotatable bonds is 5. The molecule has 18 heavy (non-hydrogen) atoms. The van der Waals surface area contributed by atoms with Crippen LogP contribution >= 0.6 is 0 Å². The highest BCUT2D eigenvalue weighted by molar-refractivity contribution is 4.89. The molecule has 2 saturated heterocycles. The Bertz CT molecular complexity index is 249. The second kappa shape index (κ2) is 6.85. The summed E-state index contributed by atoms with van der Waals surface area (Å²) in [6, 6.07) is 1.25. The van der Waals surface area contributed by atoms with Crippen LogP contribution in [0.1, 0.15) is 26.2 Å². The van der Waals surface area contributed by atoms with Crippen LogP contribution in [-0.2, 0) is 4.74 Å². The zero-order valence-electron chi connectivity index (χ0n) is 12.0. The summed E-state index contributed by atoms with van der Waals surface area (Å²) in [6.07, 6.45) is 4.15. The Morgan fingerprint density at radius 2 is 2.11 bits per heavy atom. The van der Waals surface area contributed by atoms with E-state index in [1.807, 2.05) is 0 Å². The molecule has 0 radical (unpaired) electrons. The fraction of sp³-hybridized carbons (Fsp3) is 1.00. The van der Waals surface area contributed by atoms with E-state index in [1.165, 1.54) is 45.4 Å². The third kappa shape index (κ3) is 3.23. The lowest BCUT2D eigenvalue weighted by Crippen LogP contribution is -2.59. The second-order valence-electron chi connectivity index (χ2n) is 5.92. The van der Waals surface area contributed by atoms with Gasteiger partial charge in [0.05, 0.1) is 6.61 Å². The van der Waals surface area contributed by atoms with Crippen LogP contribution in [0, 0.1) is 5.92 Å². The van der Waals surface area contributed by atoms with E-state index >= 15 is 0 Å². The second-order valence-corrected chi connectivity index (χ2v) is 5.92. The lowest BCUT2D eigenvalue weighted by Gasteiger charge is -2.47. The molecule has 2 aliphatic rings. The predicted molar refractivity (Wildman–Crippen MR) is 74.7 cm³/mol. The maximum Gasteiger partial charge on any atom is 0.0503 e. The van der Waals surface area contributed by atoms with Crippen LogP contribution in [0.25, 0.3) is 0 Å². The summed E-state index contributed by atoms with van der Waals surface area (Å²) >= 11 is 0. The zero-order chi connectivity index (χ0) is 13.0. The highest BCUT2D eigenvalue weighted by atomic mass is 16.5. The quantitative estimate of drug-likeness (QED) is 0.788. The molecule has 2 fully saturated rings. The summed E-state index contributed by atoms with van der Waals surface area (Å²) in [5, 5.41) is 0. The first-order valence-electron chi connectivity index (χ1n) is 7.43. The zero-order valence-corrected chi connectivity index (χ0v) is 12.0. The van der Waals surface area contributed by atoms with Gasteiger partial charge in [0.2, 0.25) is 0 Å². The minimum absolute atomic E-state index is 0.481. The SMILES string of the molecule is COCC(C)C(CN)N1CCN2CCCCC2C1. The minimum Gasteiger partial charge on any atom is -0.384 e. The number of nitrogens with two attached hydrogens (primary N) is 1. The molecule has 2 N–H and O–H groups in total. The monoisotopic (exact) mass is 255 g/mol. The van der Waals surface area contributed by atoms with Crippen molar-refractivity contribution in [1.29, 1.82) is 0 Å². The molecule has 2 rings (SSSR count). The van der Waals surface area contributed by atoms with Crippen LogP contribution in [0.2, 0.25) is 0 Å². The Morgan fingerprint density at radius 3 is 2.83 bits per heavy atom. The summed E-state index contributed by atoms with van der Waals surface area (Å²) in [4.78, 5) is 5.28. The molecule has 3 atom stereocenters. The van der Waals surface area contributed by atoms with Gasteiger partial charge >= 0.3 is 0 Å². The molecule has 3 unspecified atom stereocenters. The van der Waals surface area contributed by atoms with E-state index in [9.17, 15) is 0 Å². The van der Waals surface area contributed by atoms with Gasteiger partial charge in [-0.15, -0.1) is 0 Å². The highest BCUT2D eigenvalue weighted by Gasteiger charge is 2.33. The molecule has 0 bridgehead atoms. The Morgan fingerprint density at radius 1 is 1.28 bits per heavy atom. The Kier molecular flexibility index (Phi) is 5.42. The van der Waals surface area contributed by atoms with Gasteiger partial charge in [0.25, 0.3) is 0 Å². The number of piperidine rings is 1. The van der Waals surface area contributed by atoms with E-state index in [1.54, 1.807) is 7.11 Å².